The Morgan fingerprint density at radius 3 is 2.65 bits per heavy atom. The number of carbonyl (C=O) groups excluding carboxylic acids is 3. The first-order valence-electron chi connectivity index (χ1n) is 9.65. The molecular weight excluding hydrogens is 405 g/mol. The van der Waals surface area contributed by atoms with Gasteiger partial charge in [0.1, 0.15) is 5.82 Å². The van der Waals surface area contributed by atoms with E-state index in [1.165, 1.54) is 18.2 Å². The van der Waals surface area contributed by atoms with E-state index >= 15 is 0 Å². The van der Waals surface area contributed by atoms with Crippen molar-refractivity contribution >= 4 is 34.8 Å². The monoisotopic (exact) mass is 423 g/mol. The molecule has 31 heavy (non-hydrogen) atoms. The van der Waals surface area contributed by atoms with Crippen molar-refractivity contribution in [2.45, 2.75) is 19.8 Å². The number of nitrogens with one attached hydrogen (secondary N) is 1. The minimum atomic E-state index is -0.827. The highest BCUT2D eigenvalue weighted by Gasteiger charge is 2.48. The summed E-state index contributed by atoms with van der Waals surface area (Å²) in [4.78, 5) is 49.6. The third-order valence-corrected chi connectivity index (χ3v) is 5.60. The first-order valence-corrected chi connectivity index (χ1v) is 9.65. The Hall–Kier alpha value is -3.88. The molecule has 0 radical (unpaired) electrons. The van der Waals surface area contributed by atoms with Crippen LogP contribution in [0.5, 0.6) is 0 Å². The van der Waals surface area contributed by atoms with Crippen molar-refractivity contribution in [1.29, 1.82) is 0 Å². The van der Waals surface area contributed by atoms with Crippen LogP contribution < -0.4 is 10.2 Å². The van der Waals surface area contributed by atoms with Gasteiger partial charge in [0, 0.05) is 17.7 Å². The zero-order valence-electron chi connectivity index (χ0n) is 16.5. The van der Waals surface area contributed by atoms with Gasteiger partial charge in [-0.1, -0.05) is 17.7 Å². The predicted molar refractivity (Wildman–Crippen MR) is 110 cm³/mol. The van der Waals surface area contributed by atoms with Gasteiger partial charge in [0.15, 0.2) is 0 Å². The highest BCUT2D eigenvalue weighted by atomic mass is 19.1. The number of non-ortho nitro benzene ring substituents is 1. The van der Waals surface area contributed by atoms with Crippen LogP contribution in [0.1, 0.15) is 30.1 Å². The van der Waals surface area contributed by atoms with E-state index in [0.717, 1.165) is 28.7 Å². The van der Waals surface area contributed by atoms with E-state index in [1.54, 1.807) is 6.07 Å². The molecule has 9 heteroatoms. The van der Waals surface area contributed by atoms with E-state index in [-0.39, 0.29) is 34.4 Å². The molecule has 1 N–H and O–H groups in total. The maximum atomic E-state index is 14.0. The van der Waals surface area contributed by atoms with Gasteiger partial charge < -0.3 is 5.32 Å². The fraction of sp³-hybridized carbons (Fsp3) is 0.227. The number of rotatable bonds is 4. The summed E-state index contributed by atoms with van der Waals surface area (Å²) < 4.78 is 14.0. The Labute approximate surface area is 176 Å². The molecule has 0 spiro atoms. The molecule has 1 saturated heterocycles. The van der Waals surface area contributed by atoms with Crippen molar-refractivity contribution in [3.05, 3.63) is 75.6 Å². The van der Waals surface area contributed by atoms with Crippen LogP contribution in [0.4, 0.5) is 21.5 Å². The molecule has 1 aliphatic heterocycles. The Morgan fingerprint density at radius 2 is 1.90 bits per heavy atom. The molecule has 2 aliphatic rings. The number of fused-ring (bicyclic) bond motifs is 1. The van der Waals surface area contributed by atoms with E-state index in [1.807, 2.05) is 13.0 Å². The summed E-state index contributed by atoms with van der Waals surface area (Å²) in [5.74, 6) is -2.98. The maximum Gasteiger partial charge on any atom is 0.271 e. The van der Waals surface area contributed by atoms with Crippen molar-refractivity contribution in [1.82, 2.24) is 0 Å². The molecule has 2 aromatic carbocycles. The van der Waals surface area contributed by atoms with Crippen LogP contribution in [-0.2, 0) is 9.59 Å². The molecule has 1 aliphatic carbocycles. The normalized spacial score (nSPS) is 20.3. The van der Waals surface area contributed by atoms with E-state index in [4.69, 9.17) is 0 Å². The Balaban J connectivity index is 1.59. The molecule has 0 unspecified atom stereocenters. The number of allylic oxidation sites excluding steroid dienone is 2. The third kappa shape index (κ3) is 3.70. The van der Waals surface area contributed by atoms with Crippen molar-refractivity contribution in [3.63, 3.8) is 0 Å². The molecule has 158 valence electrons. The Kier molecular flexibility index (Phi) is 5.10. The highest BCUT2D eigenvalue weighted by molar-refractivity contribution is 6.22. The van der Waals surface area contributed by atoms with Crippen LogP contribution in [0, 0.1) is 27.8 Å². The first-order chi connectivity index (χ1) is 14.8. The maximum absolute atomic E-state index is 14.0. The summed E-state index contributed by atoms with van der Waals surface area (Å²) in [5, 5.41) is 13.2. The molecule has 8 nitrogen and oxygen atoms in total. The van der Waals surface area contributed by atoms with Crippen LogP contribution >= 0.6 is 0 Å². The van der Waals surface area contributed by atoms with Crippen LogP contribution in [0.15, 0.2) is 54.1 Å². The van der Waals surface area contributed by atoms with Crippen molar-refractivity contribution in [3.8, 4) is 0 Å². The molecule has 4 rings (SSSR count). The lowest BCUT2D eigenvalue weighted by molar-refractivity contribution is -0.384. The summed E-state index contributed by atoms with van der Waals surface area (Å²) in [6.45, 7) is 1.93. The average molecular weight is 423 g/mol. The van der Waals surface area contributed by atoms with E-state index < -0.39 is 28.5 Å². The molecule has 3 amide bonds. The van der Waals surface area contributed by atoms with Gasteiger partial charge in [0.2, 0.25) is 11.8 Å². The number of hydrogen-bond acceptors (Lipinski definition) is 5. The van der Waals surface area contributed by atoms with Gasteiger partial charge in [-0.2, -0.15) is 0 Å². The second-order valence-electron chi connectivity index (χ2n) is 7.64. The number of anilines is 2. The smallest absolute Gasteiger partial charge is 0.271 e. The van der Waals surface area contributed by atoms with Gasteiger partial charge in [0.05, 0.1) is 28.1 Å². The number of carbonyl (C=O) groups is 3. The topological polar surface area (TPSA) is 110 Å². The molecule has 2 atom stereocenters. The van der Waals surface area contributed by atoms with Crippen LogP contribution in [0.2, 0.25) is 0 Å². The molecule has 1 fully saturated rings. The third-order valence-electron chi connectivity index (χ3n) is 5.60. The fourth-order valence-corrected chi connectivity index (χ4v) is 4.00. The number of hydrogen-bond donors (Lipinski definition) is 1. The molecule has 1 heterocycles. The predicted octanol–water partition coefficient (Wildman–Crippen LogP) is 3.83. The number of amides is 3. The van der Waals surface area contributed by atoms with Crippen molar-refractivity contribution in [2.75, 3.05) is 10.2 Å². The molecule has 0 saturated carbocycles. The van der Waals surface area contributed by atoms with Gasteiger partial charge in [-0.3, -0.25) is 29.4 Å². The SMILES string of the molecule is CC1=CC[C@@H]2C(=O)N(c3cccc(C(=O)Nc4cc([N+](=O)[O-])ccc4F)c3)C(=O)[C@H]2C1. The largest absolute Gasteiger partial charge is 0.319 e. The standard InChI is InChI=1S/C22H18FN3O5/c1-12-5-7-16-17(9-12)22(29)25(21(16)28)14-4-2-3-13(10-14)20(27)24-19-11-15(26(30)31)6-8-18(19)23/h2-6,8,10-11,16-17H,7,9H2,1H3,(H,24,27)/t16-,17-/m0/s1. The van der Waals surface area contributed by atoms with Crippen LogP contribution in [0.25, 0.3) is 0 Å². The van der Waals surface area contributed by atoms with Crippen LogP contribution in [-0.4, -0.2) is 22.6 Å². The average Bonchev–Trinajstić information content (AvgIpc) is 2.99. The Morgan fingerprint density at radius 1 is 1.16 bits per heavy atom. The lowest BCUT2D eigenvalue weighted by atomic mass is 9.82. The number of nitrogens with zero attached hydrogens (tertiary/aromatic N) is 2. The minimum absolute atomic E-state index is 0.0770. The van der Waals surface area contributed by atoms with Gasteiger partial charge in [-0.25, -0.2) is 4.39 Å². The molecular formula is C22H18FN3O5. The summed E-state index contributed by atoms with van der Waals surface area (Å²) in [6, 6.07) is 8.69. The number of nitro groups is 1. The summed E-state index contributed by atoms with van der Waals surface area (Å²) in [6.07, 6.45) is 3.00. The fourth-order valence-electron chi connectivity index (χ4n) is 4.00. The number of halogens is 1. The lowest BCUT2D eigenvalue weighted by Gasteiger charge is -2.18. The van der Waals surface area contributed by atoms with E-state index in [9.17, 15) is 28.9 Å². The number of imide groups is 1. The lowest BCUT2D eigenvalue weighted by Crippen LogP contribution is -2.31. The Bertz CT molecular complexity index is 1160. The van der Waals surface area contributed by atoms with Crippen molar-refractivity contribution in [2.24, 2.45) is 11.8 Å². The summed E-state index contributed by atoms with van der Waals surface area (Å²) in [7, 11) is 0. The molecule has 0 bridgehead atoms. The van der Waals surface area contributed by atoms with Gasteiger partial charge in [0.25, 0.3) is 11.6 Å². The van der Waals surface area contributed by atoms with Gasteiger partial charge in [-0.15, -0.1) is 0 Å². The quantitative estimate of drug-likeness (QED) is 0.348. The highest BCUT2D eigenvalue weighted by Crippen LogP contribution is 2.39. The zero-order chi connectivity index (χ0) is 22.3. The van der Waals surface area contributed by atoms with Crippen LogP contribution in [0.3, 0.4) is 0 Å². The first kappa shape index (κ1) is 20.4. The summed E-state index contributed by atoms with van der Waals surface area (Å²) >= 11 is 0. The second kappa shape index (κ2) is 7.75. The minimum Gasteiger partial charge on any atom is -0.319 e. The van der Waals surface area contributed by atoms with Crippen molar-refractivity contribution < 1.29 is 23.7 Å². The molecule has 0 aromatic heterocycles. The van der Waals surface area contributed by atoms with E-state index in [2.05, 4.69) is 5.32 Å². The zero-order valence-corrected chi connectivity index (χ0v) is 16.5. The number of nitro benzene ring substituents is 1. The van der Waals surface area contributed by atoms with Gasteiger partial charge >= 0.3 is 0 Å². The van der Waals surface area contributed by atoms with Gasteiger partial charge in [-0.05, 0) is 44.0 Å². The number of benzene rings is 2. The summed E-state index contributed by atoms with van der Waals surface area (Å²) in [5.41, 5.74) is 0.689. The molecule has 2 aromatic rings. The second-order valence-corrected chi connectivity index (χ2v) is 7.64. The van der Waals surface area contributed by atoms with E-state index in [0.29, 0.717) is 12.8 Å².